The number of piperidine rings is 1. The molecule has 106 valence electrons. The number of rotatable bonds is 3. The quantitative estimate of drug-likeness (QED) is 0.915. The molecule has 1 aromatic rings. The van der Waals surface area contributed by atoms with E-state index in [1.807, 2.05) is 0 Å². The van der Waals surface area contributed by atoms with Crippen molar-refractivity contribution in [3.63, 3.8) is 0 Å². The van der Waals surface area contributed by atoms with Crippen molar-refractivity contribution in [2.45, 2.75) is 31.5 Å². The molecular formula is C14H19F3N2. The van der Waals surface area contributed by atoms with E-state index >= 15 is 0 Å². The molecule has 1 aliphatic rings. The van der Waals surface area contributed by atoms with E-state index in [2.05, 4.69) is 4.90 Å². The van der Waals surface area contributed by atoms with Crippen molar-refractivity contribution < 1.29 is 13.2 Å². The van der Waals surface area contributed by atoms with Gasteiger partial charge in [0.1, 0.15) is 0 Å². The molecule has 2 N–H and O–H groups in total. The minimum Gasteiger partial charge on any atom is -0.329 e. The maximum absolute atomic E-state index is 12.5. The number of alkyl halides is 3. The van der Waals surface area contributed by atoms with Crippen molar-refractivity contribution in [2.24, 2.45) is 5.73 Å². The molecule has 0 aliphatic carbocycles. The Balaban J connectivity index is 2.15. The number of hydrogen-bond donors (Lipinski definition) is 1. The maximum Gasteiger partial charge on any atom is 0.416 e. The lowest BCUT2D eigenvalue weighted by Gasteiger charge is -2.35. The van der Waals surface area contributed by atoms with Gasteiger partial charge < -0.3 is 5.73 Å². The van der Waals surface area contributed by atoms with Gasteiger partial charge in [0, 0.05) is 19.1 Å². The Morgan fingerprint density at radius 2 is 1.84 bits per heavy atom. The van der Waals surface area contributed by atoms with Gasteiger partial charge in [-0.2, -0.15) is 13.2 Å². The Hall–Kier alpha value is -1.07. The zero-order chi connectivity index (χ0) is 13.9. The highest BCUT2D eigenvalue weighted by atomic mass is 19.4. The van der Waals surface area contributed by atoms with Crippen molar-refractivity contribution in [3.05, 3.63) is 35.4 Å². The fraction of sp³-hybridized carbons (Fsp3) is 0.571. The molecule has 0 bridgehead atoms. The van der Waals surface area contributed by atoms with Crippen LogP contribution in [-0.2, 0) is 6.18 Å². The van der Waals surface area contributed by atoms with Gasteiger partial charge in [0.15, 0.2) is 0 Å². The summed E-state index contributed by atoms with van der Waals surface area (Å²) in [4.78, 5) is 2.27. The molecule has 1 unspecified atom stereocenters. The second-order valence-electron chi connectivity index (χ2n) is 4.96. The number of benzene rings is 1. The van der Waals surface area contributed by atoms with Gasteiger partial charge >= 0.3 is 6.18 Å². The Morgan fingerprint density at radius 1 is 1.16 bits per heavy atom. The molecule has 1 atom stereocenters. The predicted molar refractivity (Wildman–Crippen MR) is 68.7 cm³/mol. The summed E-state index contributed by atoms with van der Waals surface area (Å²) < 4.78 is 37.6. The molecule has 5 heteroatoms. The van der Waals surface area contributed by atoms with E-state index < -0.39 is 11.7 Å². The highest BCUT2D eigenvalue weighted by Crippen LogP contribution is 2.33. The van der Waals surface area contributed by atoms with Crippen LogP contribution in [0.1, 0.15) is 36.4 Å². The standard InChI is InChI=1S/C14H19F3N2/c15-14(16,17)12-6-4-11(5-7-12)13-3-1-2-9-19(13)10-8-18/h4-7,13H,1-3,8-10,18H2. The Bertz CT molecular complexity index is 398. The van der Waals surface area contributed by atoms with Crippen LogP contribution in [0.15, 0.2) is 24.3 Å². The molecule has 0 radical (unpaired) electrons. The minimum atomic E-state index is -4.26. The van der Waals surface area contributed by atoms with Crippen LogP contribution in [0.4, 0.5) is 13.2 Å². The van der Waals surface area contributed by atoms with Crippen molar-refractivity contribution in [3.8, 4) is 0 Å². The summed E-state index contributed by atoms with van der Waals surface area (Å²) in [5.41, 5.74) is 5.96. The first-order chi connectivity index (χ1) is 9.02. The molecule has 0 amide bonds. The lowest BCUT2D eigenvalue weighted by molar-refractivity contribution is -0.137. The monoisotopic (exact) mass is 272 g/mol. The molecule has 19 heavy (non-hydrogen) atoms. The topological polar surface area (TPSA) is 29.3 Å². The van der Waals surface area contributed by atoms with E-state index in [0.717, 1.165) is 37.9 Å². The number of nitrogens with two attached hydrogens (primary N) is 1. The Labute approximate surface area is 111 Å². The van der Waals surface area contributed by atoms with Crippen LogP contribution in [0, 0.1) is 0 Å². The van der Waals surface area contributed by atoms with E-state index in [-0.39, 0.29) is 6.04 Å². The Kier molecular flexibility index (Phi) is 4.47. The molecule has 1 heterocycles. The van der Waals surface area contributed by atoms with Crippen LogP contribution in [0.5, 0.6) is 0 Å². The van der Waals surface area contributed by atoms with Gasteiger partial charge in [0.05, 0.1) is 5.56 Å². The third kappa shape index (κ3) is 3.48. The summed E-state index contributed by atoms with van der Waals surface area (Å²) >= 11 is 0. The molecule has 2 nitrogen and oxygen atoms in total. The van der Waals surface area contributed by atoms with Crippen LogP contribution in [0.25, 0.3) is 0 Å². The largest absolute Gasteiger partial charge is 0.416 e. The second kappa shape index (κ2) is 5.92. The van der Waals surface area contributed by atoms with E-state index in [4.69, 9.17) is 5.73 Å². The normalized spacial score (nSPS) is 21.6. The van der Waals surface area contributed by atoms with Crippen LogP contribution >= 0.6 is 0 Å². The number of nitrogens with zero attached hydrogens (tertiary/aromatic N) is 1. The molecule has 1 aromatic carbocycles. The number of halogens is 3. The Morgan fingerprint density at radius 3 is 2.42 bits per heavy atom. The molecular weight excluding hydrogens is 253 g/mol. The highest BCUT2D eigenvalue weighted by Gasteiger charge is 2.31. The number of likely N-dealkylation sites (tertiary alicyclic amines) is 1. The molecule has 2 rings (SSSR count). The van der Waals surface area contributed by atoms with Crippen molar-refractivity contribution in [2.75, 3.05) is 19.6 Å². The van der Waals surface area contributed by atoms with Crippen molar-refractivity contribution >= 4 is 0 Å². The van der Waals surface area contributed by atoms with Crippen LogP contribution in [0.3, 0.4) is 0 Å². The third-order valence-corrected chi connectivity index (χ3v) is 3.65. The van der Waals surface area contributed by atoms with E-state index in [1.54, 1.807) is 12.1 Å². The highest BCUT2D eigenvalue weighted by molar-refractivity contribution is 5.27. The summed E-state index contributed by atoms with van der Waals surface area (Å²) in [7, 11) is 0. The van der Waals surface area contributed by atoms with Gasteiger partial charge in [0.25, 0.3) is 0 Å². The van der Waals surface area contributed by atoms with Crippen LogP contribution in [0.2, 0.25) is 0 Å². The van der Waals surface area contributed by atoms with Gasteiger partial charge in [-0.25, -0.2) is 0 Å². The summed E-state index contributed by atoms with van der Waals surface area (Å²) in [6.07, 6.45) is -1.02. The molecule has 1 aliphatic heterocycles. The van der Waals surface area contributed by atoms with Gasteiger partial charge in [-0.05, 0) is 37.1 Å². The van der Waals surface area contributed by atoms with E-state index in [0.29, 0.717) is 6.54 Å². The predicted octanol–water partition coefficient (Wildman–Crippen LogP) is 3.19. The zero-order valence-electron chi connectivity index (χ0n) is 10.8. The zero-order valence-corrected chi connectivity index (χ0v) is 10.8. The molecule has 0 aromatic heterocycles. The average Bonchev–Trinajstić information content (AvgIpc) is 2.39. The fourth-order valence-electron chi connectivity index (χ4n) is 2.70. The molecule has 0 saturated carbocycles. The first kappa shape index (κ1) is 14.3. The smallest absolute Gasteiger partial charge is 0.329 e. The van der Waals surface area contributed by atoms with Crippen LogP contribution < -0.4 is 5.73 Å². The van der Waals surface area contributed by atoms with Gasteiger partial charge in [0.2, 0.25) is 0 Å². The fourth-order valence-corrected chi connectivity index (χ4v) is 2.70. The van der Waals surface area contributed by atoms with Gasteiger partial charge in [-0.15, -0.1) is 0 Å². The lowest BCUT2D eigenvalue weighted by atomic mass is 9.94. The molecule has 1 fully saturated rings. The first-order valence-corrected chi connectivity index (χ1v) is 6.63. The molecule has 1 saturated heterocycles. The van der Waals surface area contributed by atoms with Crippen LogP contribution in [-0.4, -0.2) is 24.5 Å². The third-order valence-electron chi connectivity index (χ3n) is 3.65. The average molecular weight is 272 g/mol. The maximum atomic E-state index is 12.5. The van der Waals surface area contributed by atoms with Gasteiger partial charge in [-0.1, -0.05) is 18.6 Å². The SMILES string of the molecule is NCCN1CCCCC1c1ccc(C(F)(F)F)cc1. The lowest BCUT2D eigenvalue weighted by Crippen LogP contribution is -2.37. The summed E-state index contributed by atoms with van der Waals surface area (Å²) in [5.74, 6) is 0. The summed E-state index contributed by atoms with van der Waals surface area (Å²) in [6, 6.07) is 5.75. The second-order valence-corrected chi connectivity index (χ2v) is 4.96. The number of hydrogen-bond acceptors (Lipinski definition) is 2. The van der Waals surface area contributed by atoms with Crippen molar-refractivity contribution in [1.82, 2.24) is 4.90 Å². The van der Waals surface area contributed by atoms with Gasteiger partial charge in [-0.3, -0.25) is 4.90 Å². The minimum absolute atomic E-state index is 0.208. The first-order valence-electron chi connectivity index (χ1n) is 6.63. The van der Waals surface area contributed by atoms with E-state index in [1.165, 1.54) is 12.1 Å². The van der Waals surface area contributed by atoms with E-state index in [9.17, 15) is 13.2 Å². The van der Waals surface area contributed by atoms with Crippen molar-refractivity contribution in [1.29, 1.82) is 0 Å². The summed E-state index contributed by atoms with van der Waals surface area (Å²) in [5, 5.41) is 0. The summed E-state index contributed by atoms with van der Waals surface area (Å²) in [6.45, 7) is 2.35. The molecule has 0 spiro atoms.